The van der Waals surface area contributed by atoms with Crippen molar-refractivity contribution in [1.82, 2.24) is 0 Å². The smallest absolute Gasteiger partial charge is 0.411 e. The van der Waals surface area contributed by atoms with Gasteiger partial charge in [0.25, 0.3) is 0 Å². The molecule has 0 spiro atoms. The van der Waals surface area contributed by atoms with E-state index in [1.165, 1.54) is 4.90 Å². The predicted octanol–water partition coefficient (Wildman–Crippen LogP) is 5.05. The fourth-order valence-electron chi connectivity index (χ4n) is 2.44. The molecule has 1 aromatic rings. The van der Waals surface area contributed by atoms with Gasteiger partial charge in [-0.05, 0) is 41.4 Å². The molecule has 0 saturated carbocycles. The van der Waals surface area contributed by atoms with Crippen molar-refractivity contribution in [2.24, 2.45) is 5.11 Å². The number of nitrogens with zero attached hydrogens (tertiary/aromatic N) is 4. The van der Waals surface area contributed by atoms with E-state index >= 15 is 0 Å². The van der Waals surface area contributed by atoms with Gasteiger partial charge in [0.15, 0.2) is 8.32 Å². The Balaban J connectivity index is 2.33. The number of benzene rings is 1. The molecule has 11 heteroatoms. The normalized spacial score (nSPS) is 11.8. The number of carbonyl (C=O) groups is 1. The van der Waals surface area contributed by atoms with E-state index in [4.69, 9.17) is 24.2 Å². The molecule has 0 unspecified atom stereocenters. The molecule has 0 radical (unpaired) electrons. The lowest BCUT2D eigenvalue weighted by Gasteiger charge is -2.36. The topological polar surface area (TPSA) is 126 Å². The molecule has 0 aliphatic rings. The van der Waals surface area contributed by atoms with Gasteiger partial charge in [-0.3, -0.25) is 4.90 Å². The van der Waals surface area contributed by atoms with Gasteiger partial charge in [-0.2, -0.15) is 0 Å². The lowest BCUT2D eigenvalue weighted by Crippen LogP contribution is -2.40. The van der Waals surface area contributed by atoms with Crippen molar-refractivity contribution in [2.45, 2.75) is 45.5 Å². The largest absolute Gasteiger partial charge is 0.465 e. The first-order valence-electron chi connectivity index (χ1n) is 11.1. The zero-order valence-corrected chi connectivity index (χ0v) is 21.5. The van der Waals surface area contributed by atoms with E-state index in [-0.39, 0.29) is 18.2 Å². The molecule has 0 aromatic heterocycles. The van der Waals surface area contributed by atoms with Crippen molar-refractivity contribution in [3.05, 3.63) is 40.3 Å². The molecule has 186 valence electrons. The van der Waals surface area contributed by atoms with Crippen LogP contribution in [0.3, 0.4) is 0 Å². The second-order valence-electron chi connectivity index (χ2n) is 8.94. The summed E-state index contributed by atoms with van der Waals surface area (Å²) < 4.78 is 22.3. The average Bonchev–Trinajstić information content (AvgIpc) is 2.75. The van der Waals surface area contributed by atoms with Crippen LogP contribution < -0.4 is 4.90 Å². The number of anilines is 1. The minimum atomic E-state index is -1.84. The van der Waals surface area contributed by atoms with E-state index < -0.39 is 14.4 Å². The molecule has 1 aromatic carbocycles. The molecule has 10 nitrogen and oxygen atoms in total. The van der Waals surface area contributed by atoms with Gasteiger partial charge >= 0.3 is 6.09 Å². The van der Waals surface area contributed by atoms with Crippen molar-refractivity contribution in [3.63, 3.8) is 0 Å². The monoisotopic (exact) mass is 482 g/mol. The number of carboxylic acid groups (broad SMARTS) is 1. The Labute approximate surface area is 197 Å². The molecule has 1 N–H and O–H groups in total. The van der Waals surface area contributed by atoms with E-state index in [1.54, 1.807) is 12.1 Å². The molecule has 0 atom stereocenters. The van der Waals surface area contributed by atoms with Crippen LogP contribution in [-0.4, -0.2) is 72.2 Å². The number of rotatable bonds is 16. The Bertz CT molecular complexity index is 748. The second-order valence-corrected chi connectivity index (χ2v) is 13.8. The molecule has 0 heterocycles. The minimum absolute atomic E-state index is 0.139. The molecule has 0 aliphatic carbocycles. The van der Waals surface area contributed by atoms with Gasteiger partial charge in [0.05, 0.1) is 52.8 Å². The van der Waals surface area contributed by atoms with E-state index in [0.717, 1.165) is 5.56 Å². The third kappa shape index (κ3) is 11.5. The summed E-state index contributed by atoms with van der Waals surface area (Å²) in [5, 5.41) is 13.1. The Morgan fingerprint density at radius 3 is 2.09 bits per heavy atom. The summed E-state index contributed by atoms with van der Waals surface area (Å²) in [5.41, 5.74) is 9.75. The number of ether oxygens (including phenoxy) is 3. The van der Waals surface area contributed by atoms with Gasteiger partial charge in [0, 0.05) is 17.1 Å². The highest BCUT2D eigenvalue weighted by Gasteiger charge is 2.37. The van der Waals surface area contributed by atoms with Gasteiger partial charge < -0.3 is 23.7 Å². The van der Waals surface area contributed by atoms with E-state index in [9.17, 15) is 9.90 Å². The van der Waals surface area contributed by atoms with Crippen LogP contribution in [0.1, 0.15) is 26.3 Å². The summed E-state index contributed by atoms with van der Waals surface area (Å²) >= 11 is 0. The number of hydrogen-bond donors (Lipinski definition) is 1. The Morgan fingerprint density at radius 1 is 1.03 bits per heavy atom. The highest BCUT2D eigenvalue weighted by atomic mass is 28.4. The Morgan fingerprint density at radius 2 is 1.58 bits per heavy atom. The van der Waals surface area contributed by atoms with Gasteiger partial charge in [0.2, 0.25) is 0 Å². The SMILES string of the molecule is CC(C)(C)[Si](C)(C)OCc1ccc(N(CCOCCOCCOCCN=[N+]=[N-])C(=O)O)cc1. The fraction of sp³-hybridized carbons (Fsp3) is 0.682. The van der Waals surface area contributed by atoms with Crippen LogP contribution in [0.4, 0.5) is 10.5 Å². The summed E-state index contributed by atoms with van der Waals surface area (Å²) in [5.74, 6) is 0. The molecular formula is C22H38N4O6Si. The van der Waals surface area contributed by atoms with Crippen molar-refractivity contribution >= 4 is 20.1 Å². The van der Waals surface area contributed by atoms with Crippen LogP contribution in [0.25, 0.3) is 10.4 Å². The maximum Gasteiger partial charge on any atom is 0.411 e. The zero-order chi connectivity index (χ0) is 24.7. The summed E-state index contributed by atoms with van der Waals surface area (Å²) in [6.07, 6.45) is -1.03. The van der Waals surface area contributed by atoms with Crippen LogP contribution in [0.15, 0.2) is 29.4 Å². The lowest BCUT2D eigenvalue weighted by atomic mass is 10.2. The van der Waals surface area contributed by atoms with Gasteiger partial charge in [-0.25, -0.2) is 4.79 Å². The lowest BCUT2D eigenvalue weighted by molar-refractivity contribution is 0.0173. The second kappa shape index (κ2) is 14.9. The molecule has 0 bridgehead atoms. The van der Waals surface area contributed by atoms with Crippen LogP contribution in [0, 0.1) is 0 Å². The van der Waals surface area contributed by atoms with Crippen molar-refractivity contribution < 1.29 is 28.5 Å². The zero-order valence-electron chi connectivity index (χ0n) is 20.5. The fourth-order valence-corrected chi connectivity index (χ4v) is 3.40. The minimum Gasteiger partial charge on any atom is -0.465 e. The maximum atomic E-state index is 11.7. The number of amides is 1. The third-order valence-corrected chi connectivity index (χ3v) is 9.97. The van der Waals surface area contributed by atoms with Crippen molar-refractivity contribution in [3.8, 4) is 0 Å². The number of azide groups is 1. The average molecular weight is 483 g/mol. The van der Waals surface area contributed by atoms with Gasteiger partial charge in [-0.15, -0.1) is 0 Å². The Kier molecular flexibility index (Phi) is 13.0. The van der Waals surface area contributed by atoms with E-state index in [0.29, 0.717) is 51.9 Å². The molecular weight excluding hydrogens is 444 g/mol. The molecule has 33 heavy (non-hydrogen) atoms. The highest BCUT2D eigenvalue weighted by Crippen LogP contribution is 2.37. The maximum absolute atomic E-state index is 11.7. The summed E-state index contributed by atoms with van der Waals surface area (Å²) in [7, 11) is -1.84. The van der Waals surface area contributed by atoms with E-state index in [1.807, 2.05) is 12.1 Å². The van der Waals surface area contributed by atoms with Crippen molar-refractivity contribution in [2.75, 3.05) is 57.6 Å². The third-order valence-electron chi connectivity index (χ3n) is 5.49. The highest BCUT2D eigenvalue weighted by molar-refractivity contribution is 6.74. The molecule has 0 saturated heterocycles. The summed E-state index contributed by atoms with van der Waals surface area (Å²) in [6, 6.07) is 7.40. The van der Waals surface area contributed by atoms with Crippen LogP contribution in [0.2, 0.25) is 18.1 Å². The first-order chi connectivity index (χ1) is 15.6. The standard InChI is InChI=1S/C22H38N4O6Si/c1-22(2,3)33(4,5)32-18-19-6-8-20(9-7-19)26(21(27)28)11-13-30-15-17-31-16-14-29-12-10-24-25-23/h6-9H,10-18H2,1-5H3,(H,27,28). The predicted molar refractivity (Wildman–Crippen MR) is 130 cm³/mol. The van der Waals surface area contributed by atoms with Crippen molar-refractivity contribution in [1.29, 1.82) is 0 Å². The van der Waals surface area contributed by atoms with Gasteiger partial charge in [0.1, 0.15) is 0 Å². The molecule has 1 amide bonds. The van der Waals surface area contributed by atoms with Crippen LogP contribution in [-0.2, 0) is 25.2 Å². The molecule has 0 fully saturated rings. The van der Waals surface area contributed by atoms with Gasteiger partial charge in [-0.1, -0.05) is 38.0 Å². The first kappa shape index (κ1) is 28.9. The molecule has 1 rings (SSSR count). The summed E-state index contributed by atoms with van der Waals surface area (Å²) in [6.45, 7) is 14.2. The first-order valence-corrected chi connectivity index (χ1v) is 14.0. The van der Waals surface area contributed by atoms with Crippen LogP contribution in [0.5, 0.6) is 0 Å². The quantitative estimate of drug-likeness (QED) is 0.115. The van der Waals surface area contributed by atoms with E-state index in [2.05, 4.69) is 43.9 Å². The van der Waals surface area contributed by atoms with Crippen LogP contribution >= 0.6 is 0 Å². The molecule has 0 aliphatic heterocycles. The number of hydrogen-bond acceptors (Lipinski definition) is 6. The summed E-state index contributed by atoms with van der Waals surface area (Å²) in [4.78, 5) is 15.6. The Hall–Kier alpha value is -2.14.